The number of carbonyl (C=O) groups excluding carboxylic acids is 2. The summed E-state index contributed by atoms with van der Waals surface area (Å²) in [6, 6.07) is 13.3. The van der Waals surface area contributed by atoms with Crippen LogP contribution in [0.1, 0.15) is 18.1 Å². The van der Waals surface area contributed by atoms with E-state index < -0.39 is 6.04 Å². The van der Waals surface area contributed by atoms with Crippen molar-refractivity contribution in [3.63, 3.8) is 0 Å². The van der Waals surface area contributed by atoms with Crippen LogP contribution in [0.2, 0.25) is 5.02 Å². The molecule has 2 aromatic rings. The van der Waals surface area contributed by atoms with E-state index in [1.807, 2.05) is 18.2 Å². The van der Waals surface area contributed by atoms with Crippen LogP contribution in [-0.2, 0) is 16.0 Å². The monoisotopic (exact) mass is 446 g/mol. The number of thiocarbonyl (C=S) groups is 1. The van der Waals surface area contributed by atoms with Gasteiger partial charge in [-0.05, 0) is 48.7 Å². The Balaban J connectivity index is 1.62. The number of rotatable bonds is 6. The normalized spacial score (nSPS) is 16.3. The average molecular weight is 447 g/mol. The number of benzene rings is 2. The third-order valence-corrected chi connectivity index (χ3v) is 6.11. The Morgan fingerprint density at radius 1 is 1.28 bits per heavy atom. The second-order valence-electron chi connectivity index (χ2n) is 6.46. The van der Waals surface area contributed by atoms with Crippen LogP contribution in [0.4, 0.5) is 0 Å². The maximum absolute atomic E-state index is 12.8. The number of thioether (sulfide) groups is 1. The van der Waals surface area contributed by atoms with Gasteiger partial charge >= 0.3 is 0 Å². The van der Waals surface area contributed by atoms with Gasteiger partial charge in [-0.3, -0.25) is 14.5 Å². The summed E-state index contributed by atoms with van der Waals surface area (Å²) in [6.07, 6.45) is 2.31. The molecule has 1 aliphatic heterocycles. The summed E-state index contributed by atoms with van der Waals surface area (Å²) in [7, 11) is 0. The third kappa shape index (κ3) is 5.18. The first-order chi connectivity index (χ1) is 13.9. The Morgan fingerprint density at radius 3 is 2.66 bits per heavy atom. The predicted molar refractivity (Wildman–Crippen MR) is 121 cm³/mol. The van der Waals surface area contributed by atoms with Gasteiger partial charge in [0.2, 0.25) is 5.91 Å². The molecule has 3 rings (SSSR count). The van der Waals surface area contributed by atoms with Gasteiger partial charge in [0.1, 0.15) is 16.1 Å². The van der Waals surface area contributed by atoms with Crippen molar-refractivity contribution >= 4 is 57.8 Å². The lowest BCUT2D eigenvalue weighted by Gasteiger charge is -2.22. The van der Waals surface area contributed by atoms with Crippen LogP contribution in [0.5, 0.6) is 5.75 Å². The number of hydrogen-bond donors (Lipinski definition) is 2. The quantitative estimate of drug-likeness (QED) is 0.518. The highest BCUT2D eigenvalue weighted by atomic mass is 35.5. The second-order valence-corrected chi connectivity index (χ2v) is 8.54. The molecule has 0 spiro atoms. The molecular weight excluding hydrogens is 428 g/mol. The van der Waals surface area contributed by atoms with E-state index in [1.54, 1.807) is 43.3 Å². The summed E-state index contributed by atoms with van der Waals surface area (Å²) < 4.78 is 0.342. The van der Waals surface area contributed by atoms with Gasteiger partial charge in [-0.25, -0.2) is 0 Å². The lowest BCUT2D eigenvalue weighted by Crippen LogP contribution is -2.47. The molecule has 1 saturated heterocycles. The van der Waals surface area contributed by atoms with Crippen LogP contribution in [0.15, 0.2) is 53.4 Å². The second kappa shape index (κ2) is 9.43. The van der Waals surface area contributed by atoms with Crippen molar-refractivity contribution in [2.75, 3.05) is 6.54 Å². The van der Waals surface area contributed by atoms with Crippen molar-refractivity contribution < 1.29 is 14.7 Å². The highest BCUT2D eigenvalue weighted by Gasteiger charge is 2.38. The summed E-state index contributed by atoms with van der Waals surface area (Å²) in [5.41, 5.74) is 1.71. The Labute approximate surface area is 183 Å². The van der Waals surface area contributed by atoms with Gasteiger partial charge in [0.05, 0.1) is 4.91 Å². The molecule has 2 amide bonds. The molecule has 1 atom stereocenters. The fourth-order valence-corrected chi connectivity index (χ4v) is 4.40. The molecule has 0 saturated carbocycles. The largest absolute Gasteiger partial charge is 0.508 e. The van der Waals surface area contributed by atoms with Crippen LogP contribution in [-0.4, -0.2) is 38.7 Å². The zero-order valence-electron chi connectivity index (χ0n) is 15.6. The van der Waals surface area contributed by atoms with E-state index in [-0.39, 0.29) is 17.6 Å². The zero-order valence-corrected chi connectivity index (χ0v) is 18.0. The molecule has 1 unspecified atom stereocenters. The molecule has 0 aliphatic carbocycles. The number of nitrogens with one attached hydrogen (secondary N) is 1. The third-order valence-electron chi connectivity index (χ3n) is 4.43. The molecule has 8 heteroatoms. The molecule has 0 bridgehead atoms. The predicted octanol–water partition coefficient (Wildman–Crippen LogP) is 3.99. The molecule has 5 nitrogen and oxygen atoms in total. The zero-order chi connectivity index (χ0) is 21.0. The summed E-state index contributed by atoms with van der Waals surface area (Å²) in [5.74, 6) is -0.384. The molecule has 0 radical (unpaired) electrons. The van der Waals surface area contributed by atoms with E-state index in [9.17, 15) is 14.7 Å². The van der Waals surface area contributed by atoms with Crippen molar-refractivity contribution in [3.05, 3.63) is 69.6 Å². The van der Waals surface area contributed by atoms with Crippen molar-refractivity contribution in [2.45, 2.75) is 19.4 Å². The Bertz CT molecular complexity index is 976. The number of halogens is 1. The average Bonchev–Trinajstić information content (AvgIpc) is 2.97. The number of aromatic hydroxyl groups is 1. The van der Waals surface area contributed by atoms with Crippen molar-refractivity contribution in [1.82, 2.24) is 10.2 Å². The maximum Gasteiger partial charge on any atom is 0.266 e. The first-order valence-electron chi connectivity index (χ1n) is 8.94. The molecule has 1 aliphatic rings. The minimum atomic E-state index is -0.723. The van der Waals surface area contributed by atoms with E-state index >= 15 is 0 Å². The van der Waals surface area contributed by atoms with Gasteiger partial charge in [0, 0.05) is 11.6 Å². The standard InChI is InChI=1S/C21H19ClN2O3S2/c1-13(19(26)23-11-10-14-6-8-16(25)9-7-14)24-20(27)18(29-21(24)28)12-15-4-2-3-5-17(15)22/h2-9,12-13,25H,10-11H2,1H3,(H,23,26)/b18-12-. The molecule has 2 N–H and O–H groups in total. The van der Waals surface area contributed by atoms with Gasteiger partial charge in [-0.15, -0.1) is 0 Å². The van der Waals surface area contributed by atoms with E-state index in [1.165, 1.54) is 4.90 Å². The number of phenols is 1. The molecular formula is C21H19ClN2O3S2. The molecule has 29 heavy (non-hydrogen) atoms. The first kappa shape index (κ1) is 21.4. The maximum atomic E-state index is 12.8. The number of hydrogen-bond acceptors (Lipinski definition) is 5. The molecule has 1 heterocycles. The molecule has 0 aromatic heterocycles. The highest BCUT2D eigenvalue weighted by Crippen LogP contribution is 2.35. The Morgan fingerprint density at radius 2 is 1.97 bits per heavy atom. The fourth-order valence-electron chi connectivity index (χ4n) is 2.80. The van der Waals surface area contributed by atoms with Crippen molar-refractivity contribution in [1.29, 1.82) is 0 Å². The Hall–Kier alpha value is -2.35. The SMILES string of the molecule is CC(C(=O)NCCc1ccc(O)cc1)N1C(=O)/C(=C/c2ccccc2Cl)SC1=S. The number of amides is 2. The van der Waals surface area contributed by atoms with Gasteiger partial charge in [0.15, 0.2) is 0 Å². The lowest BCUT2D eigenvalue weighted by atomic mass is 10.1. The van der Waals surface area contributed by atoms with Gasteiger partial charge in [-0.1, -0.05) is 65.9 Å². The van der Waals surface area contributed by atoms with Crippen LogP contribution >= 0.6 is 35.6 Å². The van der Waals surface area contributed by atoms with E-state index in [2.05, 4.69) is 5.32 Å². The topological polar surface area (TPSA) is 69.6 Å². The number of carbonyl (C=O) groups is 2. The van der Waals surface area contributed by atoms with Gasteiger partial charge < -0.3 is 10.4 Å². The molecule has 1 fully saturated rings. The highest BCUT2D eigenvalue weighted by molar-refractivity contribution is 8.26. The van der Waals surface area contributed by atoms with Crippen molar-refractivity contribution in [2.24, 2.45) is 0 Å². The molecule has 150 valence electrons. The summed E-state index contributed by atoms with van der Waals surface area (Å²) in [4.78, 5) is 27.1. The minimum absolute atomic E-state index is 0.200. The van der Waals surface area contributed by atoms with Crippen LogP contribution < -0.4 is 5.32 Å². The lowest BCUT2D eigenvalue weighted by molar-refractivity contribution is -0.132. The summed E-state index contributed by atoms with van der Waals surface area (Å²) in [5, 5.41) is 12.7. The van der Waals surface area contributed by atoms with E-state index in [0.29, 0.717) is 27.2 Å². The van der Waals surface area contributed by atoms with Gasteiger partial charge in [-0.2, -0.15) is 0 Å². The fraction of sp³-hybridized carbons (Fsp3) is 0.190. The van der Waals surface area contributed by atoms with Gasteiger partial charge in [0.25, 0.3) is 5.91 Å². The van der Waals surface area contributed by atoms with Crippen molar-refractivity contribution in [3.8, 4) is 5.75 Å². The number of nitrogens with zero attached hydrogens (tertiary/aromatic N) is 1. The van der Waals surface area contributed by atoms with E-state index in [4.69, 9.17) is 23.8 Å². The van der Waals surface area contributed by atoms with E-state index in [0.717, 1.165) is 22.9 Å². The van der Waals surface area contributed by atoms with Crippen LogP contribution in [0.25, 0.3) is 6.08 Å². The minimum Gasteiger partial charge on any atom is -0.508 e. The molecule has 2 aromatic carbocycles. The number of phenolic OH excluding ortho intramolecular Hbond substituents is 1. The smallest absolute Gasteiger partial charge is 0.266 e. The first-order valence-corrected chi connectivity index (χ1v) is 10.5. The van der Waals surface area contributed by atoms with Crippen LogP contribution in [0, 0.1) is 0 Å². The summed E-state index contributed by atoms with van der Waals surface area (Å²) >= 11 is 12.7. The summed E-state index contributed by atoms with van der Waals surface area (Å²) in [6.45, 7) is 2.07. The Kier molecular flexibility index (Phi) is 6.95. The van der Waals surface area contributed by atoms with Crippen LogP contribution in [0.3, 0.4) is 0 Å².